The molecular weight excluding hydrogens is 282 g/mol. The van der Waals surface area contributed by atoms with Gasteiger partial charge in [-0.3, -0.25) is 9.78 Å². The lowest BCUT2D eigenvalue weighted by Crippen LogP contribution is -2.15. The minimum atomic E-state index is -0.117. The molecule has 0 fully saturated rings. The molecule has 0 saturated heterocycles. The van der Waals surface area contributed by atoms with E-state index in [0.29, 0.717) is 5.56 Å². The third kappa shape index (κ3) is 3.73. The van der Waals surface area contributed by atoms with Crippen molar-refractivity contribution in [3.8, 4) is 0 Å². The molecule has 0 bridgehead atoms. The van der Waals surface area contributed by atoms with Crippen molar-refractivity contribution in [2.45, 2.75) is 39.4 Å². The van der Waals surface area contributed by atoms with E-state index in [4.69, 9.17) is 0 Å². The molecule has 0 aliphatic heterocycles. The van der Waals surface area contributed by atoms with Crippen molar-refractivity contribution < 1.29 is 4.79 Å². The quantitative estimate of drug-likeness (QED) is 0.765. The number of carbonyl (C=O) groups excluding carboxylic acids is 1. The minimum absolute atomic E-state index is 0.117. The van der Waals surface area contributed by atoms with E-state index >= 15 is 0 Å². The molecule has 2 aromatic heterocycles. The van der Waals surface area contributed by atoms with Gasteiger partial charge in [0.05, 0.1) is 11.3 Å². The van der Waals surface area contributed by atoms with E-state index in [-0.39, 0.29) is 5.91 Å². The Morgan fingerprint density at radius 3 is 2.86 bits per heavy atom. The molecule has 0 aliphatic rings. The number of aryl methyl sites for hydroxylation is 1. The van der Waals surface area contributed by atoms with Crippen LogP contribution >= 0.6 is 11.8 Å². The average molecular weight is 303 g/mol. The zero-order valence-electron chi connectivity index (χ0n) is 12.8. The summed E-state index contributed by atoms with van der Waals surface area (Å²) in [5.74, 6) is 1.95. The van der Waals surface area contributed by atoms with Crippen molar-refractivity contribution in [2.24, 2.45) is 0 Å². The molecule has 2 heterocycles. The number of hydrogen-bond acceptors (Lipinski definition) is 4. The number of rotatable bonds is 6. The first kappa shape index (κ1) is 15.8. The number of nitrogens with zero attached hydrogens (tertiary/aromatic N) is 3. The van der Waals surface area contributed by atoms with E-state index in [1.54, 1.807) is 24.5 Å². The summed E-state index contributed by atoms with van der Waals surface area (Å²) in [5.41, 5.74) is 3.61. The summed E-state index contributed by atoms with van der Waals surface area (Å²) >= 11 is 1.90. The summed E-state index contributed by atoms with van der Waals surface area (Å²) in [6.45, 7) is 6.13. The monoisotopic (exact) mass is 303 g/mol. The van der Waals surface area contributed by atoms with E-state index in [2.05, 4.69) is 17.0 Å². The summed E-state index contributed by atoms with van der Waals surface area (Å²) in [5, 5.41) is 4.41. The van der Waals surface area contributed by atoms with E-state index in [1.807, 2.05) is 25.6 Å². The van der Waals surface area contributed by atoms with Crippen LogP contribution in [0, 0.1) is 13.8 Å². The highest BCUT2D eigenvalue weighted by Crippen LogP contribution is 2.21. The first-order valence-corrected chi connectivity index (χ1v) is 8.38. The molecule has 0 amide bonds. The summed E-state index contributed by atoms with van der Waals surface area (Å²) in [4.78, 5) is 16.5. The van der Waals surface area contributed by atoms with E-state index < -0.39 is 0 Å². The van der Waals surface area contributed by atoms with Crippen LogP contribution in [0.3, 0.4) is 0 Å². The SMILES string of the molecule is CCCCSCc1c(C)nn(C(=O)c2cccnc2)c1C. The Bertz CT molecular complexity index is 607. The zero-order valence-corrected chi connectivity index (χ0v) is 13.6. The van der Waals surface area contributed by atoms with Gasteiger partial charge in [0.2, 0.25) is 0 Å². The van der Waals surface area contributed by atoms with Gasteiger partial charge in [-0.2, -0.15) is 16.9 Å². The molecule has 0 aliphatic carbocycles. The lowest BCUT2D eigenvalue weighted by molar-refractivity contribution is 0.0942. The van der Waals surface area contributed by atoms with Gasteiger partial charge in [0.15, 0.2) is 0 Å². The summed E-state index contributed by atoms with van der Waals surface area (Å²) in [7, 11) is 0. The molecule has 112 valence electrons. The first-order chi connectivity index (χ1) is 10.1. The first-order valence-electron chi connectivity index (χ1n) is 7.22. The predicted molar refractivity (Wildman–Crippen MR) is 86.7 cm³/mol. The van der Waals surface area contributed by atoms with Gasteiger partial charge >= 0.3 is 0 Å². The van der Waals surface area contributed by atoms with Gasteiger partial charge < -0.3 is 0 Å². The molecule has 2 rings (SSSR count). The maximum absolute atomic E-state index is 12.5. The summed E-state index contributed by atoms with van der Waals surface area (Å²) < 4.78 is 1.50. The van der Waals surface area contributed by atoms with Crippen LogP contribution < -0.4 is 0 Å². The Morgan fingerprint density at radius 1 is 1.38 bits per heavy atom. The van der Waals surface area contributed by atoms with E-state index in [9.17, 15) is 4.79 Å². The lowest BCUT2D eigenvalue weighted by atomic mass is 10.2. The third-order valence-electron chi connectivity index (χ3n) is 3.43. The molecule has 0 spiro atoms. The molecule has 0 N–H and O–H groups in total. The Kier molecular flexibility index (Phi) is 5.56. The fourth-order valence-corrected chi connectivity index (χ4v) is 3.37. The smallest absolute Gasteiger partial charge is 0.267 e. The molecule has 0 unspecified atom stereocenters. The summed E-state index contributed by atoms with van der Waals surface area (Å²) in [6.07, 6.45) is 5.68. The van der Waals surface area contributed by atoms with Crippen LogP contribution in [0.2, 0.25) is 0 Å². The Balaban J connectivity index is 2.17. The number of hydrogen-bond donors (Lipinski definition) is 0. The molecule has 0 aromatic carbocycles. The van der Waals surface area contributed by atoms with Crippen LogP contribution in [0.4, 0.5) is 0 Å². The molecule has 4 nitrogen and oxygen atoms in total. The number of aromatic nitrogens is 3. The Labute approximate surface area is 130 Å². The van der Waals surface area contributed by atoms with Crippen molar-refractivity contribution in [1.82, 2.24) is 14.8 Å². The minimum Gasteiger partial charge on any atom is -0.267 e. The second-order valence-corrected chi connectivity index (χ2v) is 6.12. The highest BCUT2D eigenvalue weighted by Gasteiger charge is 2.17. The van der Waals surface area contributed by atoms with Crippen LogP contribution in [0.25, 0.3) is 0 Å². The topological polar surface area (TPSA) is 47.8 Å². The molecule has 5 heteroatoms. The van der Waals surface area contributed by atoms with Gasteiger partial charge in [0, 0.05) is 29.4 Å². The lowest BCUT2D eigenvalue weighted by Gasteiger charge is -2.04. The van der Waals surface area contributed by atoms with Crippen molar-refractivity contribution in [3.05, 3.63) is 47.0 Å². The molecule has 0 radical (unpaired) electrons. The molecule has 2 aromatic rings. The van der Waals surface area contributed by atoms with E-state index in [1.165, 1.54) is 23.1 Å². The summed E-state index contributed by atoms with van der Waals surface area (Å²) in [6, 6.07) is 3.53. The number of thioether (sulfide) groups is 1. The van der Waals surface area contributed by atoms with Gasteiger partial charge in [0.1, 0.15) is 0 Å². The van der Waals surface area contributed by atoms with Gasteiger partial charge in [0.25, 0.3) is 5.91 Å². The average Bonchev–Trinajstić information content (AvgIpc) is 2.79. The normalized spacial score (nSPS) is 10.8. The predicted octanol–water partition coefficient (Wildman–Crippen LogP) is 3.62. The Hall–Kier alpha value is -1.62. The maximum atomic E-state index is 12.5. The molecule has 21 heavy (non-hydrogen) atoms. The largest absolute Gasteiger partial charge is 0.279 e. The second-order valence-electron chi connectivity index (χ2n) is 5.01. The molecular formula is C16H21N3OS. The second kappa shape index (κ2) is 7.41. The van der Waals surface area contributed by atoms with Gasteiger partial charge in [-0.05, 0) is 38.2 Å². The van der Waals surface area contributed by atoms with Crippen molar-refractivity contribution in [2.75, 3.05) is 5.75 Å². The van der Waals surface area contributed by atoms with Crippen LogP contribution in [0.1, 0.15) is 47.1 Å². The van der Waals surface area contributed by atoms with Crippen LogP contribution in [-0.2, 0) is 5.75 Å². The number of unbranched alkanes of at least 4 members (excludes halogenated alkanes) is 1. The zero-order chi connectivity index (χ0) is 15.2. The fourth-order valence-electron chi connectivity index (χ4n) is 2.11. The van der Waals surface area contributed by atoms with Crippen LogP contribution in [-0.4, -0.2) is 26.4 Å². The highest BCUT2D eigenvalue weighted by molar-refractivity contribution is 7.98. The third-order valence-corrected chi connectivity index (χ3v) is 4.50. The molecule has 0 atom stereocenters. The van der Waals surface area contributed by atoms with Crippen LogP contribution in [0.15, 0.2) is 24.5 Å². The van der Waals surface area contributed by atoms with Crippen molar-refractivity contribution >= 4 is 17.7 Å². The number of pyridine rings is 1. The van der Waals surface area contributed by atoms with Gasteiger partial charge in [-0.1, -0.05) is 13.3 Å². The van der Waals surface area contributed by atoms with Gasteiger partial charge in [-0.15, -0.1) is 0 Å². The standard InChI is InChI=1S/C16H21N3OS/c1-4-5-9-21-11-15-12(2)18-19(13(15)3)16(20)14-7-6-8-17-10-14/h6-8,10H,4-5,9,11H2,1-3H3. The molecule has 0 saturated carbocycles. The number of carbonyl (C=O) groups is 1. The Morgan fingerprint density at radius 2 is 2.19 bits per heavy atom. The highest BCUT2D eigenvalue weighted by atomic mass is 32.2. The fraction of sp³-hybridized carbons (Fsp3) is 0.438. The van der Waals surface area contributed by atoms with Crippen molar-refractivity contribution in [1.29, 1.82) is 0 Å². The van der Waals surface area contributed by atoms with Crippen molar-refractivity contribution in [3.63, 3.8) is 0 Å². The van der Waals surface area contributed by atoms with Gasteiger partial charge in [-0.25, -0.2) is 4.68 Å². The van der Waals surface area contributed by atoms with E-state index in [0.717, 1.165) is 22.9 Å². The maximum Gasteiger partial charge on any atom is 0.279 e. The van der Waals surface area contributed by atoms with Crippen LogP contribution in [0.5, 0.6) is 0 Å².